The van der Waals surface area contributed by atoms with Crippen LogP contribution < -0.4 is 19.1 Å². The molecule has 1 amide bonds. The standard InChI is InChI=1S/C47H52Cl2FN5O5S/c1-31-15-19-47(50,20-16-31)30-59-43-14-12-36(26-40(43)49)61(57,58)53-45(56)37-13-11-35(25-44(37)60-42-6-4-5-41-39(42)28-51-52-41)55-23-21-54(22-24-55)29-33-17-18-46(2,3)27-38(33)32-7-9-34(48)10-8-32/h4-14,25-26,28,31H,15-24,27,29-30H2,1-3H3,(H,51,52)(H,53,56)/t31-,47-. The van der Waals surface area contributed by atoms with Gasteiger partial charge in [-0.05, 0) is 122 Å². The third-order valence-electron chi connectivity index (χ3n) is 12.5. The summed E-state index contributed by atoms with van der Waals surface area (Å²) in [6.45, 7) is 10.7. The highest BCUT2D eigenvalue weighted by molar-refractivity contribution is 7.90. The van der Waals surface area contributed by atoms with Gasteiger partial charge >= 0.3 is 0 Å². The highest BCUT2D eigenvalue weighted by Gasteiger charge is 2.35. The van der Waals surface area contributed by atoms with Crippen molar-refractivity contribution in [2.45, 2.75) is 76.3 Å². The maximum absolute atomic E-state index is 15.3. The smallest absolute Gasteiger partial charge is 0.268 e. The van der Waals surface area contributed by atoms with Crippen LogP contribution in [-0.4, -0.2) is 74.4 Å². The minimum Gasteiger partial charge on any atom is -0.489 e. The van der Waals surface area contributed by atoms with E-state index in [2.05, 4.69) is 57.6 Å². The Labute approximate surface area is 367 Å². The number of hydrogen-bond acceptors (Lipinski definition) is 8. The number of sulfonamides is 1. The predicted molar refractivity (Wildman–Crippen MR) is 240 cm³/mol. The van der Waals surface area contributed by atoms with Crippen molar-refractivity contribution in [2.24, 2.45) is 11.3 Å². The molecule has 3 aliphatic rings. The van der Waals surface area contributed by atoms with Crippen molar-refractivity contribution in [3.63, 3.8) is 0 Å². The number of amides is 1. The number of allylic oxidation sites excluding steroid dienone is 1. The van der Waals surface area contributed by atoms with E-state index in [0.717, 1.165) is 81.1 Å². The topological polar surface area (TPSA) is 117 Å². The number of halogens is 3. The van der Waals surface area contributed by atoms with Gasteiger partial charge < -0.3 is 14.4 Å². The van der Waals surface area contributed by atoms with Crippen molar-refractivity contribution in [2.75, 3.05) is 44.2 Å². The first-order chi connectivity index (χ1) is 29.1. The van der Waals surface area contributed by atoms with Crippen molar-refractivity contribution in [1.29, 1.82) is 0 Å². The van der Waals surface area contributed by atoms with Gasteiger partial charge in [-0.15, -0.1) is 0 Å². The van der Waals surface area contributed by atoms with Gasteiger partial charge in [0.15, 0.2) is 0 Å². The van der Waals surface area contributed by atoms with Gasteiger partial charge in [0, 0.05) is 49.5 Å². The fraction of sp³-hybridized carbons (Fsp3) is 0.404. The first-order valence-electron chi connectivity index (χ1n) is 21.0. The zero-order valence-electron chi connectivity index (χ0n) is 34.8. The van der Waals surface area contributed by atoms with Crippen LogP contribution in [0.2, 0.25) is 10.0 Å². The Balaban J connectivity index is 0.988. The van der Waals surface area contributed by atoms with Crippen LogP contribution in [0.1, 0.15) is 81.6 Å². The summed E-state index contributed by atoms with van der Waals surface area (Å²) in [4.78, 5) is 18.4. The third kappa shape index (κ3) is 10.0. The van der Waals surface area contributed by atoms with Crippen molar-refractivity contribution in [3.8, 4) is 17.2 Å². The van der Waals surface area contributed by atoms with Gasteiger partial charge in [0.05, 0.1) is 32.6 Å². The fourth-order valence-corrected chi connectivity index (χ4v) is 10.1. The Morgan fingerprint density at radius 1 is 0.934 bits per heavy atom. The summed E-state index contributed by atoms with van der Waals surface area (Å²) in [7, 11) is -4.40. The zero-order valence-corrected chi connectivity index (χ0v) is 37.1. The summed E-state index contributed by atoms with van der Waals surface area (Å²) in [5.74, 6) is 0.391. The Hall–Kier alpha value is -4.62. The molecule has 8 rings (SSSR count). The predicted octanol–water partition coefficient (Wildman–Crippen LogP) is 10.9. The number of nitrogens with one attached hydrogen (secondary N) is 2. The molecular weight excluding hydrogens is 837 g/mol. The number of aromatic nitrogens is 2. The van der Waals surface area contributed by atoms with E-state index in [9.17, 15) is 13.2 Å². The molecule has 0 bridgehead atoms. The number of fused-ring (bicyclic) bond motifs is 1. The Kier molecular flexibility index (Phi) is 12.4. The molecule has 0 spiro atoms. The van der Waals surface area contributed by atoms with Crippen LogP contribution >= 0.6 is 23.2 Å². The molecule has 1 aliphatic heterocycles. The number of anilines is 1. The summed E-state index contributed by atoms with van der Waals surface area (Å²) in [6, 6.07) is 22.7. The molecule has 1 aromatic heterocycles. The second-order valence-electron chi connectivity index (χ2n) is 17.7. The van der Waals surface area contributed by atoms with Gasteiger partial charge in [0.1, 0.15) is 29.5 Å². The highest BCUT2D eigenvalue weighted by Crippen LogP contribution is 2.44. The molecule has 2 N–H and O–H groups in total. The minimum atomic E-state index is -4.40. The maximum atomic E-state index is 15.3. The van der Waals surface area contributed by atoms with Crippen LogP contribution in [-0.2, 0) is 10.0 Å². The molecule has 5 aromatic rings. The van der Waals surface area contributed by atoms with E-state index in [1.807, 2.05) is 30.3 Å². The average molecular weight is 889 g/mol. The number of carbonyl (C=O) groups excluding carboxylic acids is 1. The largest absolute Gasteiger partial charge is 0.489 e. The molecule has 0 unspecified atom stereocenters. The summed E-state index contributed by atoms with van der Waals surface area (Å²) in [6.07, 6.45) is 7.22. The molecular formula is C47H52Cl2FN5O5S. The molecule has 2 heterocycles. The van der Waals surface area contributed by atoms with Crippen LogP contribution in [0.5, 0.6) is 17.2 Å². The quantitative estimate of drug-likeness (QED) is 0.127. The summed E-state index contributed by atoms with van der Waals surface area (Å²) < 4.78 is 57.0. The van der Waals surface area contributed by atoms with Gasteiger partial charge in [-0.25, -0.2) is 17.5 Å². The van der Waals surface area contributed by atoms with Crippen LogP contribution in [0.25, 0.3) is 16.5 Å². The van der Waals surface area contributed by atoms with E-state index < -0.39 is 21.6 Å². The van der Waals surface area contributed by atoms with Crippen molar-refractivity contribution in [1.82, 2.24) is 19.8 Å². The molecule has 0 radical (unpaired) electrons. The van der Waals surface area contributed by atoms with Crippen LogP contribution in [0.3, 0.4) is 0 Å². The molecule has 322 valence electrons. The molecule has 2 aliphatic carbocycles. The fourth-order valence-electron chi connectivity index (χ4n) is 8.66. The molecule has 14 heteroatoms. The Bertz CT molecular complexity index is 2550. The highest BCUT2D eigenvalue weighted by atomic mass is 35.5. The lowest BCUT2D eigenvalue weighted by atomic mass is 9.72. The number of nitrogens with zero attached hydrogens (tertiary/aromatic N) is 3. The van der Waals surface area contributed by atoms with Gasteiger partial charge in [0.2, 0.25) is 0 Å². The zero-order chi connectivity index (χ0) is 42.9. The van der Waals surface area contributed by atoms with Gasteiger partial charge in [0.25, 0.3) is 15.9 Å². The Morgan fingerprint density at radius 3 is 2.43 bits per heavy atom. The number of alkyl halides is 1. The second-order valence-corrected chi connectivity index (χ2v) is 20.2. The minimum absolute atomic E-state index is 0.00816. The lowest BCUT2D eigenvalue weighted by Gasteiger charge is -2.39. The third-order valence-corrected chi connectivity index (χ3v) is 14.4. The number of benzene rings is 4. The second kappa shape index (κ2) is 17.6. The molecule has 1 saturated carbocycles. The summed E-state index contributed by atoms with van der Waals surface area (Å²) >= 11 is 12.7. The van der Waals surface area contributed by atoms with Crippen molar-refractivity contribution in [3.05, 3.63) is 112 Å². The number of hydrogen-bond donors (Lipinski definition) is 2. The molecule has 61 heavy (non-hydrogen) atoms. The van der Waals surface area contributed by atoms with Crippen LogP contribution in [0.15, 0.2) is 95.5 Å². The van der Waals surface area contributed by atoms with E-state index in [4.69, 9.17) is 32.7 Å². The van der Waals surface area contributed by atoms with Crippen LogP contribution in [0.4, 0.5) is 10.1 Å². The summed E-state index contributed by atoms with van der Waals surface area (Å²) in [5, 5.41) is 8.51. The molecule has 2 fully saturated rings. The first-order valence-corrected chi connectivity index (χ1v) is 23.2. The number of H-pyrrole nitrogens is 1. The maximum Gasteiger partial charge on any atom is 0.268 e. The lowest BCUT2D eigenvalue weighted by molar-refractivity contribution is 0.0351. The molecule has 4 aromatic carbocycles. The molecule has 10 nitrogen and oxygen atoms in total. The normalized spacial score (nSPS) is 21.1. The Morgan fingerprint density at radius 2 is 1.69 bits per heavy atom. The van der Waals surface area contributed by atoms with Gasteiger partial charge in [-0.2, -0.15) is 5.10 Å². The van der Waals surface area contributed by atoms with E-state index >= 15 is 4.39 Å². The molecule has 0 atom stereocenters. The van der Waals surface area contributed by atoms with Crippen molar-refractivity contribution >= 4 is 61.3 Å². The number of piperazine rings is 1. The number of rotatable bonds is 12. The summed E-state index contributed by atoms with van der Waals surface area (Å²) in [5.41, 5.74) is 4.52. The SMILES string of the molecule is CC1(C)CCC(CN2CCN(c3ccc(C(=O)NS(=O)(=O)c4ccc(OC[C@]5(F)CC[C@H](C)CC5)c(Cl)c4)c(Oc4cccc5[nH]ncc45)c3)CC2)=C(c2ccc(Cl)cc2)C1. The number of carbonyl (C=O) groups is 1. The van der Waals surface area contributed by atoms with Crippen molar-refractivity contribution < 1.29 is 27.1 Å². The average Bonchev–Trinajstić information content (AvgIpc) is 3.73. The van der Waals surface area contributed by atoms with Crippen LogP contribution in [0, 0.1) is 11.3 Å². The van der Waals surface area contributed by atoms with Gasteiger partial charge in [-0.1, -0.05) is 67.7 Å². The van der Waals surface area contributed by atoms with E-state index in [1.54, 1.807) is 24.4 Å². The number of aromatic amines is 1. The molecule has 1 saturated heterocycles. The first kappa shape index (κ1) is 43.0. The number of ether oxygens (including phenoxy) is 2. The van der Waals surface area contributed by atoms with Gasteiger partial charge in [-0.3, -0.25) is 14.8 Å². The lowest BCUT2D eigenvalue weighted by Crippen LogP contribution is -2.47. The van der Waals surface area contributed by atoms with E-state index in [1.165, 1.54) is 34.9 Å². The van der Waals surface area contributed by atoms with E-state index in [-0.39, 0.29) is 39.0 Å². The monoisotopic (exact) mass is 887 g/mol. The van der Waals surface area contributed by atoms with E-state index in [0.29, 0.717) is 29.9 Å².